The van der Waals surface area contributed by atoms with E-state index in [0.717, 1.165) is 24.2 Å². The Morgan fingerprint density at radius 3 is 2.81 bits per heavy atom. The van der Waals surface area contributed by atoms with Crippen molar-refractivity contribution in [1.82, 2.24) is 25.6 Å². The van der Waals surface area contributed by atoms with Crippen LogP contribution < -0.4 is 20.7 Å². The van der Waals surface area contributed by atoms with Gasteiger partial charge in [-0.15, -0.1) is 24.2 Å². The van der Waals surface area contributed by atoms with Crippen LogP contribution in [0.3, 0.4) is 0 Å². The largest absolute Gasteiger partial charge is 0.482 e. The maximum atomic E-state index is 12.5. The molecule has 2 aliphatic rings. The van der Waals surface area contributed by atoms with E-state index >= 15 is 0 Å². The first kappa shape index (κ1) is 27.7. The van der Waals surface area contributed by atoms with Crippen molar-refractivity contribution in [3.8, 4) is 5.75 Å². The van der Waals surface area contributed by atoms with E-state index in [1.165, 1.54) is 13.3 Å². The number of carbonyl (C=O) groups excluding carboxylic acids is 3. The molecule has 0 radical (unpaired) electrons. The lowest BCUT2D eigenvalue weighted by atomic mass is 10.1. The Hall–Kier alpha value is -3.88. The zero-order chi connectivity index (χ0) is 25.7. The van der Waals surface area contributed by atoms with Crippen LogP contribution in [0.15, 0.2) is 30.7 Å². The van der Waals surface area contributed by atoms with E-state index in [9.17, 15) is 19.2 Å². The summed E-state index contributed by atoms with van der Waals surface area (Å²) < 4.78 is 9.80. The highest BCUT2D eigenvalue weighted by Gasteiger charge is 2.23. The fourth-order valence-corrected chi connectivity index (χ4v) is 4.40. The van der Waals surface area contributed by atoms with Gasteiger partial charge >= 0.3 is 11.9 Å². The number of aromatic carboxylic acids is 1. The highest BCUT2D eigenvalue weighted by Crippen LogP contribution is 2.28. The molecule has 0 bridgehead atoms. The summed E-state index contributed by atoms with van der Waals surface area (Å²) in [6.07, 6.45) is 2.41. The number of benzene rings is 1. The van der Waals surface area contributed by atoms with Gasteiger partial charge in [-0.1, -0.05) is 6.07 Å². The fraction of sp³-hybridized carbons (Fsp3) is 0.273. The summed E-state index contributed by atoms with van der Waals surface area (Å²) in [7, 11) is 1.41. The van der Waals surface area contributed by atoms with E-state index < -0.39 is 11.9 Å². The van der Waals surface area contributed by atoms with Crippen molar-refractivity contribution in [1.29, 1.82) is 0 Å². The first-order valence-electron chi connectivity index (χ1n) is 10.7. The standard InChI is InChI=1S/C17H13N5O5.C5H9NO2S.ClH/c23-12-6-27-11-2-1-8(3-10(11)22-12)4-19-16(24)15-14-13(20-7-21-15)9(5-18-14)17(25)26;1-8-5(7)4-6-2-3-9-4;/h1-3,5,7,18H,4,6H2,(H,19,24)(H,22,23)(H,25,26);4,6H,2-3H2,1H3;1H. The highest BCUT2D eigenvalue weighted by molar-refractivity contribution is 8.00. The van der Waals surface area contributed by atoms with Crippen LogP contribution in [-0.2, 0) is 20.9 Å². The van der Waals surface area contributed by atoms with Gasteiger partial charge < -0.3 is 30.2 Å². The minimum atomic E-state index is -1.15. The molecule has 15 heteroatoms. The number of carbonyl (C=O) groups is 4. The average Bonchev–Trinajstić information content (AvgIpc) is 3.57. The molecule has 13 nitrogen and oxygen atoms in total. The average molecular weight is 551 g/mol. The Bertz CT molecular complexity index is 1330. The number of aromatic nitrogens is 3. The second-order valence-corrected chi connectivity index (χ2v) is 8.74. The van der Waals surface area contributed by atoms with Crippen molar-refractivity contribution in [2.75, 3.05) is 31.3 Å². The normalized spacial score (nSPS) is 15.7. The SMILES string of the molecule is COC(=O)C1NCCS1.Cl.O=C1COc2ccc(CNC(=O)c3ncnc4c(C(=O)O)c[nH]c34)cc2N1. The molecule has 1 unspecified atom stereocenters. The van der Waals surface area contributed by atoms with Gasteiger partial charge in [0.2, 0.25) is 0 Å². The summed E-state index contributed by atoms with van der Waals surface area (Å²) in [4.78, 5) is 56.4. The van der Waals surface area contributed by atoms with E-state index in [1.807, 2.05) is 0 Å². The number of nitrogens with zero attached hydrogens (tertiary/aromatic N) is 2. The monoisotopic (exact) mass is 550 g/mol. The number of aromatic amines is 1. The summed E-state index contributed by atoms with van der Waals surface area (Å²) >= 11 is 1.59. The number of anilines is 1. The lowest BCUT2D eigenvalue weighted by Gasteiger charge is -2.18. The molecule has 3 aromatic rings. The van der Waals surface area contributed by atoms with E-state index in [2.05, 4.69) is 35.6 Å². The molecule has 1 fully saturated rings. The Morgan fingerprint density at radius 2 is 2.11 bits per heavy atom. The number of ether oxygens (including phenoxy) is 2. The first-order valence-corrected chi connectivity index (χ1v) is 11.7. The highest BCUT2D eigenvalue weighted by atomic mass is 35.5. The lowest BCUT2D eigenvalue weighted by Crippen LogP contribution is -2.29. The number of carboxylic acids is 1. The predicted octanol–water partition coefficient (Wildman–Crippen LogP) is 1.16. The van der Waals surface area contributed by atoms with Gasteiger partial charge in [-0.05, 0) is 17.7 Å². The van der Waals surface area contributed by atoms with Gasteiger partial charge in [0.05, 0.1) is 18.3 Å². The number of thioether (sulfide) groups is 1. The molecule has 1 saturated heterocycles. The number of hydrogen-bond donors (Lipinski definition) is 5. The molecular formula is C22H23ClN6O7S. The van der Waals surface area contributed by atoms with Crippen molar-refractivity contribution < 1.29 is 33.8 Å². The molecule has 196 valence electrons. The van der Waals surface area contributed by atoms with Crippen LogP contribution in [-0.4, -0.2) is 75.2 Å². The van der Waals surface area contributed by atoms with Gasteiger partial charge in [-0.3, -0.25) is 14.9 Å². The number of esters is 1. The quantitative estimate of drug-likeness (QED) is 0.287. The van der Waals surface area contributed by atoms with E-state index in [4.69, 9.17) is 9.84 Å². The van der Waals surface area contributed by atoms with E-state index in [0.29, 0.717) is 11.4 Å². The van der Waals surface area contributed by atoms with Crippen LogP contribution >= 0.6 is 24.2 Å². The number of methoxy groups -OCH3 is 1. The molecule has 5 N–H and O–H groups in total. The lowest BCUT2D eigenvalue weighted by molar-refractivity contribution is -0.140. The summed E-state index contributed by atoms with van der Waals surface area (Å²) in [6, 6.07) is 5.19. The molecule has 2 aliphatic heterocycles. The third kappa shape index (κ3) is 6.47. The van der Waals surface area contributed by atoms with Crippen molar-refractivity contribution in [3.63, 3.8) is 0 Å². The van der Waals surface area contributed by atoms with Gasteiger partial charge in [0, 0.05) is 25.0 Å². The van der Waals surface area contributed by atoms with Crippen LogP contribution in [0.5, 0.6) is 5.75 Å². The number of halogens is 1. The molecule has 1 aromatic carbocycles. The Morgan fingerprint density at radius 1 is 1.30 bits per heavy atom. The fourth-order valence-electron chi connectivity index (χ4n) is 3.46. The van der Waals surface area contributed by atoms with Gasteiger partial charge in [0.15, 0.2) is 17.7 Å². The van der Waals surface area contributed by atoms with E-state index in [-0.39, 0.29) is 65.1 Å². The maximum Gasteiger partial charge on any atom is 0.339 e. The third-order valence-corrected chi connectivity index (χ3v) is 6.30. The van der Waals surface area contributed by atoms with Crippen molar-refractivity contribution in [2.45, 2.75) is 11.9 Å². The number of rotatable bonds is 5. The van der Waals surface area contributed by atoms with Crippen molar-refractivity contribution >= 4 is 64.6 Å². The summed E-state index contributed by atoms with van der Waals surface area (Å²) in [5.74, 6) is -0.483. The second-order valence-electron chi connectivity index (χ2n) is 7.53. The zero-order valence-corrected chi connectivity index (χ0v) is 21.0. The summed E-state index contributed by atoms with van der Waals surface area (Å²) in [6.45, 7) is 1.06. The molecule has 2 aromatic heterocycles. The number of hydrogen-bond acceptors (Lipinski definition) is 10. The Balaban J connectivity index is 0.000000324. The Kier molecular flexibility index (Phi) is 9.27. The first-order chi connectivity index (χ1) is 17.4. The van der Waals surface area contributed by atoms with Crippen LogP contribution in [0.2, 0.25) is 0 Å². The molecule has 0 spiro atoms. The number of amides is 2. The smallest absolute Gasteiger partial charge is 0.339 e. The molecule has 0 aliphatic carbocycles. The minimum absolute atomic E-state index is 0. The molecule has 0 saturated carbocycles. The summed E-state index contributed by atoms with van der Waals surface area (Å²) in [5.41, 5.74) is 1.71. The topological polar surface area (TPSA) is 185 Å². The Labute approximate surface area is 220 Å². The van der Waals surface area contributed by atoms with Gasteiger partial charge in [-0.2, -0.15) is 0 Å². The number of nitrogens with one attached hydrogen (secondary N) is 4. The van der Waals surface area contributed by atoms with Crippen LogP contribution in [0.25, 0.3) is 11.0 Å². The molecule has 37 heavy (non-hydrogen) atoms. The van der Waals surface area contributed by atoms with Crippen molar-refractivity contribution in [3.05, 3.63) is 47.5 Å². The predicted molar refractivity (Wildman–Crippen MR) is 136 cm³/mol. The van der Waals surface area contributed by atoms with Crippen LogP contribution in [0, 0.1) is 0 Å². The van der Waals surface area contributed by atoms with Gasteiger partial charge in [0.25, 0.3) is 11.8 Å². The van der Waals surface area contributed by atoms with Gasteiger partial charge in [-0.25, -0.2) is 19.6 Å². The van der Waals surface area contributed by atoms with Crippen molar-refractivity contribution in [2.24, 2.45) is 0 Å². The number of H-pyrrole nitrogens is 1. The molecule has 2 amide bonds. The molecular weight excluding hydrogens is 528 g/mol. The maximum absolute atomic E-state index is 12.5. The van der Waals surface area contributed by atoms with E-state index in [1.54, 1.807) is 30.0 Å². The zero-order valence-electron chi connectivity index (χ0n) is 19.4. The van der Waals surface area contributed by atoms with Gasteiger partial charge in [0.1, 0.15) is 23.2 Å². The minimum Gasteiger partial charge on any atom is -0.482 e. The van der Waals surface area contributed by atoms with Crippen LogP contribution in [0.4, 0.5) is 5.69 Å². The number of carboxylic acid groups (broad SMARTS) is 1. The molecule has 4 heterocycles. The molecule has 5 rings (SSSR count). The third-order valence-electron chi connectivity index (χ3n) is 5.17. The second kappa shape index (κ2) is 12.4. The number of fused-ring (bicyclic) bond motifs is 2. The molecule has 1 atom stereocenters. The summed E-state index contributed by atoms with van der Waals surface area (Å²) in [5, 5.41) is 17.4. The van der Waals surface area contributed by atoms with Crippen LogP contribution in [0.1, 0.15) is 26.4 Å².